The molecule has 19 heavy (non-hydrogen) atoms. The van der Waals surface area contributed by atoms with Crippen molar-refractivity contribution in [1.29, 1.82) is 0 Å². The lowest BCUT2D eigenvalue weighted by atomic mass is 9.99. The molecular formula is C14H11BrF3N. The van der Waals surface area contributed by atoms with E-state index in [0.29, 0.717) is 15.6 Å². The summed E-state index contributed by atoms with van der Waals surface area (Å²) < 4.78 is 40.1. The van der Waals surface area contributed by atoms with Crippen molar-refractivity contribution in [2.45, 2.75) is 12.5 Å². The van der Waals surface area contributed by atoms with E-state index >= 15 is 0 Å². The fraction of sp³-hybridized carbons (Fsp3) is 0.143. The van der Waals surface area contributed by atoms with Crippen molar-refractivity contribution in [3.05, 3.63) is 69.4 Å². The number of nitrogens with two attached hydrogens (primary N) is 1. The Kier molecular flexibility index (Phi) is 4.27. The van der Waals surface area contributed by atoms with Gasteiger partial charge in [-0.05, 0) is 47.9 Å². The molecule has 0 aliphatic carbocycles. The van der Waals surface area contributed by atoms with Gasteiger partial charge >= 0.3 is 0 Å². The maximum atomic E-state index is 13.1. The third kappa shape index (κ3) is 3.58. The van der Waals surface area contributed by atoms with Crippen LogP contribution in [0.25, 0.3) is 0 Å². The highest BCUT2D eigenvalue weighted by Crippen LogP contribution is 2.24. The maximum Gasteiger partial charge on any atom is 0.126 e. The van der Waals surface area contributed by atoms with Crippen LogP contribution in [0.1, 0.15) is 17.2 Å². The Morgan fingerprint density at radius 1 is 0.947 bits per heavy atom. The van der Waals surface area contributed by atoms with E-state index in [1.165, 1.54) is 24.3 Å². The first kappa shape index (κ1) is 14.1. The Hall–Kier alpha value is -1.33. The lowest BCUT2D eigenvalue weighted by Gasteiger charge is -2.13. The van der Waals surface area contributed by atoms with Gasteiger partial charge in [-0.1, -0.05) is 15.9 Å². The molecule has 0 spiro atoms. The fourth-order valence-electron chi connectivity index (χ4n) is 1.84. The predicted molar refractivity (Wildman–Crippen MR) is 71.1 cm³/mol. The standard InChI is InChI=1S/C14H11BrF3N/c15-13-2-1-10(16)3-8(13)6-14(19)9-4-11(17)7-12(18)5-9/h1-5,7,14H,6,19H2. The van der Waals surface area contributed by atoms with Crippen LogP contribution in [0.4, 0.5) is 13.2 Å². The van der Waals surface area contributed by atoms with Gasteiger partial charge in [0.25, 0.3) is 0 Å². The molecule has 0 saturated carbocycles. The van der Waals surface area contributed by atoms with E-state index in [2.05, 4.69) is 15.9 Å². The molecule has 0 saturated heterocycles. The van der Waals surface area contributed by atoms with Gasteiger partial charge in [-0.15, -0.1) is 0 Å². The highest BCUT2D eigenvalue weighted by atomic mass is 79.9. The number of rotatable bonds is 3. The third-order valence-electron chi connectivity index (χ3n) is 2.76. The van der Waals surface area contributed by atoms with E-state index in [1.807, 2.05) is 0 Å². The van der Waals surface area contributed by atoms with Crippen LogP contribution < -0.4 is 5.73 Å². The van der Waals surface area contributed by atoms with Crippen LogP contribution in [0.3, 0.4) is 0 Å². The number of hydrogen-bond acceptors (Lipinski definition) is 1. The van der Waals surface area contributed by atoms with Crippen LogP contribution in [-0.4, -0.2) is 0 Å². The Labute approximate surface area is 117 Å². The van der Waals surface area contributed by atoms with Crippen molar-refractivity contribution in [3.63, 3.8) is 0 Å². The molecule has 0 aliphatic heterocycles. The van der Waals surface area contributed by atoms with E-state index in [9.17, 15) is 13.2 Å². The van der Waals surface area contributed by atoms with Gasteiger partial charge in [0.05, 0.1) is 0 Å². The second kappa shape index (κ2) is 5.75. The lowest BCUT2D eigenvalue weighted by Crippen LogP contribution is -2.14. The van der Waals surface area contributed by atoms with Gasteiger partial charge in [-0.25, -0.2) is 13.2 Å². The Bertz CT molecular complexity index is 581. The fourth-order valence-corrected chi connectivity index (χ4v) is 2.25. The normalized spacial score (nSPS) is 12.5. The predicted octanol–water partition coefficient (Wildman–Crippen LogP) is 4.11. The number of benzene rings is 2. The van der Waals surface area contributed by atoms with E-state index in [0.717, 1.165) is 6.07 Å². The summed E-state index contributed by atoms with van der Waals surface area (Å²) in [5.74, 6) is -1.73. The van der Waals surface area contributed by atoms with Crippen molar-refractivity contribution in [2.24, 2.45) is 5.73 Å². The molecule has 2 rings (SSSR count). The van der Waals surface area contributed by atoms with Crippen molar-refractivity contribution in [1.82, 2.24) is 0 Å². The summed E-state index contributed by atoms with van der Waals surface area (Å²) in [4.78, 5) is 0. The zero-order valence-corrected chi connectivity index (χ0v) is 11.4. The van der Waals surface area contributed by atoms with E-state index in [1.54, 1.807) is 6.07 Å². The lowest BCUT2D eigenvalue weighted by molar-refractivity contribution is 0.572. The maximum absolute atomic E-state index is 13.1. The summed E-state index contributed by atoms with van der Waals surface area (Å²) in [6, 6.07) is 6.78. The first-order valence-corrected chi connectivity index (χ1v) is 6.40. The second-order valence-electron chi connectivity index (χ2n) is 4.25. The summed E-state index contributed by atoms with van der Waals surface area (Å²) in [5.41, 5.74) is 6.90. The van der Waals surface area contributed by atoms with Gasteiger partial charge < -0.3 is 5.73 Å². The van der Waals surface area contributed by atoms with Crippen LogP contribution in [0.2, 0.25) is 0 Å². The Balaban J connectivity index is 2.25. The largest absolute Gasteiger partial charge is 0.324 e. The monoisotopic (exact) mass is 329 g/mol. The van der Waals surface area contributed by atoms with Crippen molar-refractivity contribution in [2.75, 3.05) is 0 Å². The van der Waals surface area contributed by atoms with Gasteiger partial charge in [-0.2, -0.15) is 0 Å². The molecule has 1 nitrogen and oxygen atoms in total. The van der Waals surface area contributed by atoms with Crippen molar-refractivity contribution >= 4 is 15.9 Å². The molecule has 0 amide bonds. The topological polar surface area (TPSA) is 26.0 Å². The van der Waals surface area contributed by atoms with E-state index in [-0.39, 0.29) is 12.2 Å². The molecule has 1 unspecified atom stereocenters. The van der Waals surface area contributed by atoms with Crippen LogP contribution in [0.5, 0.6) is 0 Å². The zero-order valence-electron chi connectivity index (χ0n) is 9.84. The van der Waals surface area contributed by atoms with Crippen LogP contribution >= 0.6 is 15.9 Å². The first-order chi connectivity index (χ1) is 8.95. The molecule has 0 heterocycles. The molecule has 2 N–H and O–H groups in total. The molecule has 100 valence electrons. The highest BCUT2D eigenvalue weighted by molar-refractivity contribution is 9.10. The van der Waals surface area contributed by atoms with E-state index < -0.39 is 17.7 Å². The average molecular weight is 330 g/mol. The average Bonchev–Trinajstić information content (AvgIpc) is 2.32. The third-order valence-corrected chi connectivity index (χ3v) is 3.53. The minimum absolute atomic E-state index is 0.279. The molecule has 0 bridgehead atoms. The minimum atomic E-state index is -0.677. The van der Waals surface area contributed by atoms with Gasteiger partial charge in [0.2, 0.25) is 0 Å². The summed E-state index contributed by atoms with van der Waals surface area (Å²) in [7, 11) is 0. The molecular weight excluding hydrogens is 319 g/mol. The number of halogens is 4. The molecule has 0 aliphatic rings. The quantitative estimate of drug-likeness (QED) is 0.901. The molecule has 0 aromatic heterocycles. The van der Waals surface area contributed by atoms with Gasteiger partial charge in [0.15, 0.2) is 0 Å². The molecule has 0 radical (unpaired) electrons. The zero-order chi connectivity index (χ0) is 14.0. The first-order valence-electron chi connectivity index (χ1n) is 5.61. The second-order valence-corrected chi connectivity index (χ2v) is 5.10. The van der Waals surface area contributed by atoms with Crippen LogP contribution in [-0.2, 0) is 6.42 Å². The summed E-state index contributed by atoms with van der Waals surface area (Å²) >= 11 is 3.29. The SMILES string of the molecule is NC(Cc1cc(F)ccc1Br)c1cc(F)cc(F)c1. The van der Waals surface area contributed by atoms with Crippen molar-refractivity contribution in [3.8, 4) is 0 Å². The highest BCUT2D eigenvalue weighted by Gasteiger charge is 2.12. The number of hydrogen-bond donors (Lipinski definition) is 1. The molecule has 2 aromatic rings. The van der Waals surface area contributed by atoms with Crippen LogP contribution in [0.15, 0.2) is 40.9 Å². The van der Waals surface area contributed by atoms with Crippen molar-refractivity contribution < 1.29 is 13.2 Å². The van der Waals surface area contributed by atoms with E-state index in [4.69, 9.17) is 5.73 Å². The molecule has 1 atom stereocenters. The molecule has 2 aromatic carbocycles. The van der Waals surface area contributed by atoms with Gasteiger partial charge in [0.1, 0.15) is 17.5 Å². The molecule has 0 fully saturated rings. The van der Waals surface area contributed by atoms with Crippen LogP contribution in [0, 0.1) is 17.5 Å². The Morgan fingerprint density at radius 2 is 1.58 bits per heavy atom. The Morgan fingerprint density at radius 3 is 2.21 bits per heavy atom. The molecule has 5 heteroatoms. The summed E-state index contributed by atoms with van der Waals surface area (Å²) in [6.07, 6.45) is 0.279. The summed E-state index contributed by atoms with van der Waals surface area (Å²) in [6.45, 7) is 0. The minimum Gasteiger partial charge on any atom is -0.324 e. The summed E-state index contributed by atoms with van der Waals surface area (Å²) in [5, 5.41) is 0. The smallest absolute Gasteiger partial charge is 0.126 e. The van der Waals surface area contributed by atoms with Gasteiger partial charge in [-0.3, -0.25) is 0 Å². The van der Waals surface area contributed by atoms with Gasteiger partial charge in [0, 0.05) is 16.6 Å².